The van der Waals surface area contributed by atoms with Gasteiger partial charge in [-0.1, -0.05) is 19.8 Å². The molecule has 1 aliphatic rings. The van der Waals surface area contributed by atoms with Gasteiger partial charge in [0.1, 0.15) is 5.56 Å². The van der Waals surface area contributed by atoms with Gasteiger partial charge in [-0.25, -0.2) is 0 Å². The fourth-order valence-electron chi connectivity index (χ4n) is 2.52. The molecule has 1 heterocycles. The monoisotopic (exact) mass is 236 g/mol. The van der Waals surface area contributed by atoms with Gasteiger partial charge in [0, 0.05) is 12.2 Å². The molecule has 4 N–H and O–H groups in total. The zero-order chi connectivity index (χ0) is 12.5. The van der Waals surface area contributed by atoms with E-state index >= 15 is 0 Å². The SMILES string of the molecule is Cc1[nH]nc(N)c1C(=O)NCC1(C)CCCC1. The highest BCUT2D eigenvalue weighted by Crippen LogP contribution is 2.36. The van der Waals surface area contributed by atoms with Gasteiger partial charge in [0.15, 0.2) is 5.82 Å². The third-order valence-corrected chi connectivity index (χ3v) is 3.69. The molecule has 5 nitrogen and oxygen atoms in total. The number of rotatable bonds is 3. The first-order chi connectivity index (χ1) is 8.02. The zero-order valence-electron chi connectivity index (χ0n) is 10.5. The Kier molecular flexibility index (Phi) is 3.09. The number of nitrogens with zero attached hydrogens (tertiary/aromatic N) is 1. The molecular weight excluding hydrogens is 216 g/mol. The van der Waals surface area contributed by atoms with E-state index in [1.807, 2.05) is 0 Å². The van der Waals surface area contributed by atoms with E-state index in [9.17, 15) is 4.79 Å². The van der Waals surface area contributed by atoms with Gasteiger partial charge in [-0.05, 0) is 25.2 Å². The fraction of sp³-hybridized carbons (Fsp3) is 0.667. The molecule has 0 aliphatic heterocycles. The van der Waals surface area contributed by atoms with Crippen molar-refractivity contribution in [2.75, 3.05) is 12.3 Å². The minimum Gasteiger partial charge on any atom is -0.382 e. The first-order valence-electron chi connectivity index (χ1n) is 6.10. The molecular formula is C12H20N4O. The van der Waals surface area contributed by atoms with Crippen molar-refractivity contribution in [3.8, 4) is 0 Å². The number of anilines is 1. The second-order valence-electron chi connectivity index (χ2n) is 5.31. The number of amides is 1. The minimum atomic E-state index is -0.123. The number of hydrogen-bond acceptors (Lipinski definition) is 3. The Balaban J connectivity index is 1.98. The van der Waals surface area contributed by atoms with Gasteiger partial charge < -0.3 is 11.1 Å². The number of H-pyrrole nitrogens is 1. The molecule has 94 valence electrons. The van der Waals surface area contributed by atoms with Crippen LogP contribution in [0.15, 0.2) is 0 Å². The summed E-state index contributed by atoms with van der Waals surface area (Å²) in [5.74, 6) is 0.151. The molecule has 1 saturated carbocycles. The van der Waals surface area contributed by atoms with E-state index in [1.165, 1.54) is 25.7 Å². The molecule has 1 aliphatic carbocycles. The Hall–Kier alpha value is -1.52. The highest BCUT2D eigenvalue weighted by Gasteiger charge is 2.29. The summed E-state index contributed by atoms with van der Waals surface area (Å²) in [5, 5.41) is 9.52. The van der Waals surface area contributed by atoms with Crippen molar-refractivity contribution in [1.29, 1.82) is 0 Å². The first-order valence-corrected chi connectivity index (χ1v) is 6.10. The maximum Gasteiger partial charge on any atom is 0.256 e. The maximum atomic E-state index is 12.0. The van der Waals surface area contributed by atoms with E-state index in [0.717, 1.165) is 12.2 Å². The van der Waals surface area contributed by atoms with Crippen LogP contribution in [0, 0.1) is 12.3 Å². The second kappa shape index (κ2) is 4.39. The number of aromatic amines is 1. The van der Waals surface area contributed by atoms with Crippen LogP contribution in [0.25, 0.3) is 0 Å². The summed E-state index contributed by atoms with van der Waals surface area (Å²) < 4.78 is 0. The Morgan fingerprint density at radius 1 is 1.53 bits per heavy atom. The molecule has 0 spiro atoms. The number of carbonyl (C=O) groups is 1. The summed E-state index contributed by atoms with van der Waals surface area (Å²) in [7, 11) is 0. The fourth-order valence-corrected chi connectivity index (χ4v) is 2.52. The molecule has 0 atom stereocenters. The van der Waals surface area contributed by atoms with Crippen molar-refractivity contribution < 1.29 is 4.79 Å². The van der Waals surface area contributed by atoms with Gasteiger partial charge in [0.05, 0.1) is 0 Å². The zero-order valence-corrected chi connectivity index (χ0v) is 10.5. The number of nitrogens with two attached hydrogens (primary N) is 1. The van der Waals surface area contributed by atoms with Gasteiger partial charge in [0.25, 0.3) is 5.91 Å². The van der Waals surface area contributed by atoms with Crippen LogP contribution < -0.4 is 11.1 Å². The standard InChI is InChI=1S/C12H20N4O/c1-8-9(10(13)16-15-8)11(17)14-7-12(2)5-3-4-6-12/h3-7H2,1-2H3,(H,14,17)(H3,13,15,16). The first kappa shape index (κ1) is 12.0. The number of nitrogen functional groups attached to an aromatic ring is 1. The molecule has 1 fully saturated rings. The van der Waals surface area contributed by atoms with Gasteiger partial charge in [-0.3, -0.25) is 9.89 Å². The van der Waals surface area contributed by atoms with Crippen molar-refractivity contribution >= 4 is 11.7 Å². The molecule has 0 aromatic carbocycles. The van der Waals surface area contributed by atoms with Crippen LogP contribution in [-0.4, -0.2) is 22.6 Å². The van der Waals surface area contributed by atoms with Crippen LogP contribution in [0.4, 0.5) is 5.82 Å². The molecule has 5 heteroatoms. The normalized spacial score (nSPS) is 18.2. The summed E-state index contributed by atoms with van der Waals surface area (Å²) in [5.41, 5.74) is 7.11. The molecule has 0 bridgehead atoms. The maximum absolute atomic E-state index is 12.0. The van der Waals surface area contributed by atoms with Crippen molar-refractivity contribution in [3.05, 3.63) is 11.3 Å². The Morgan fingerprint density at radius 2 is 2.18 bits per heavy atom. The van der Waals surface area contributed by atoms with Crippen molar-refractivity contribution in [2.24, 2.45) is 5.41 Å². The number of carbonyl (C=O) groups excluding carboxylic acids is 1. The smallest absolute Gasteiger partial charge is 0.256 e. The topological polar surface area (TPSA) is 83.8 Å². The predicted molar refractivity (Wildman–Crippen MR) is 66.6 cm³/mol. The summed E-state index contributed by atoms with van der Waals surface area (Å²) in [6.45, 7) is 4.75. The number of nitrogens with one attached hydrogen (secondary N) is 2. The lowest BCUT2D eigenvalue weighted by Crippen LogP contribution is -2.34. The average Bonchev–Trinajstić information content (AvgIpc) is 2.84. The molecule has 0 unspecified atom stereocenters. The lowest BCUT2D eigenvalue weighted by Gasteiger charge is -2.23. The lowest BCUT2D eigenvalue weighted by atomic mass is 9.89. The van der Waals surface area contributed by atoms with E-state index in [1.54, 1.807) is 6.92 Å². The van der Waals surface area contributed by atoms with Crippen LogP contribution in [0.5, 0.6) is 0 Å². The van der Waals surface area contributed by atoms with Crippen molar-refractivity contribution in [3.63, 3.8) is 0 Å². The van der Waals surface area contributed by atoms with Crippen LogP contribution in [0.1, 0.15) is 48.7 Å². The Labute approximate surface area is 101 Å². The molecule has 1 aromatic heterocycles. The lowest BCUT2D eigenvalue weighted by molar-refractivity contribution is 0.0934. The molecule has 0 radical (unpaired) electrons. The minimum absolute atomic E-state index is 0.123. The Bertz CT molecular complexity index is 399. The van der Waals surface area contributed by atoms with Crippen molar-refractivity contribution in [2.45, 2.75) is 39.5 Å². The predicted octanol–water partition coefficient (Wildman–Crippen LogP) is 1.61. The van der Waals surface area contributed by atoms with Gasteiger partial charge >= 0.3 is 0 Å². The average molecular weight is 236 g/mol. The molecule has 17 heavy (non-hydrogen) atoms. The summed E-state index contributed by atoms with van der Waals surface area (Å²) in [6, 6.07) is 0. The van der Waals surface area contributed by atoms with Crippen LogP contribution in [0.2, 0.25) is 0 Å². The quantitative estimate of drug-likeness (QED) is 0.745. The van der Waals surface area contributed by atoms with Gasteiger partial charge in [0.2, 0.25) is 0 Å². The number of aromatic nitrogens is 2. The van der Waals surface area contributed by atoms with E-state index in [-0.39, 0.29) is 17.1 Å². The third-order valence-electron chi connectivity index (χ3n) is 3.69. The molecule has 2 rings (SSSR count). The number of aryl methyl sites for hydroxylation is 1. The van der Waals surface area contributed by atoms with E-state index in [2.05, 4.69) is 22.4 Å². The molecule has 1 amide bonds. The van der Waals surface area contributed by atoms with Crippen LogP contribution in [-0.2, 0) is 0 Å². The summed E-state index contributed by atoms with van der Waals surface area (Å²) in [4.78, 5) is 12.0. The third kappa shape index (κ3) is 2.43. The van der Waals surface area contributed by atoms with Gasteiger partial charge in [-0.15, -0.1) is 0 Å². The number of hydrogen-bond donors (Lipinski definition) is 3. The highest BCUT2D eigenvalue weighted by atomic mass is 16.1. The van der Waals surface area contributed by atoms with E-state index < -0.39 is 0 Å². The summed E-state index contributed by atoms with van der Waals surface area (Å²) in [6.07, 6.45) is 4.90. The van der Waals surface area contributed by atoms with Gasteiger partial charge in [-0.2, -0.15) is 5.10 Å². The van der Waals surface area contributed by atoms with E-state index in [4.69, 9.17) is 5.73 Å². The summed E-state index contributed by atoms with van der Waals surface area (Å²) >= 11 is 0. The molecule has 0 saturated heterocycles. The Morgan fingerprint density at radius 3 is 2.71 bits per heavy atom. The second-order valence-corrected chi connectivity index (χ2v) is 5.31. The highest BCUT2D eigenvalue weighted by molar-refractivity contribution is 5.99. The van der Waals surface area contributed by atoms with E-state index in [0.29, 0.717) is 5.56 Å². The van der Waals surface area contributed by atoms with Crippen LogP contribution in [0.3, 0.4) is 0 Å². The van der Waals surface area contributed by atoms with Crippen molar-refractivity contribution in [1.82, 2.24) is 15.5 Å². The largest absolute Gasteiger partial charge is 0.382 e. The molecule has 1 aromatic rings. The van der Waals surface area contributed by atoms with Crippen LogP contribution >= 0.6 is 0 Å².